The van der Waals surface area contributed by atoms with Gasteiger partial charge in [0.25, 0.3) is 11.8 Å². The van der Waals surface area contributed by atoms with Crippen molar-refractivity contribution in [1.29, 1.82) is 0 Å². The lowest BCUT2D eigenvalue weighted by molar-refractivity contribution is 0.0950. The minimum atomic E-state index is -0.160. The number of carbonyl (C=O) groups is 2. The molecule has 4 aromatic carbocycles. The van der Waals surface area contributed by atoms with Crippen LogP contribution in [0.25, 0.3) is 0 Å². The lowest BCUT2D eigenvalue weighted by atomic mass is 10.1. The zero-order valence-corrected chi connectivity index (χ0v) is 21.4. The molecule has 0 spiro atoms. The second-order valence-corrected chi connectivity index (χ2v) is 10.3. The molecule has 4 aromatic rings. The fourth-order valence-electron chi connectivity index (χ4n) is 4.21. The Labute approximate surface area is 220 Å². The summed E-state index contributed by atoms with van der Waals surface area (Å²) in [6.45, 7) is 2.94. The summed E-state index contributed by atoms with van der Waals surface area (Å²) in [6, 6.07) is 29.0. The Kier molecular flexibility index (Phi) is 7.12. The predicted molar refractivity (Wildman–Crippen MR) is 146 cm³/mol. The van der Waals surface area contributed by atoms with Crippen LogP contribution in [0.15, 0.2) is 101 Å². The van der Waals surface area contributed by atoms with E-state index < -0.39 is 0 Å². The second kappa shape index (κ2) is 10.6. The van der Waals surface area contributed by atoms with E-state index in [0.29, 0.717) is 34.9 Å². The summed E-state index contributed by atoms with van der Waals surface area (Å²) in [5, 5.41) is 3.64. The van der Waals surface area contributed by atoms with Gasteiger partial charge in [-0.1, -0.05) is 77.5 Å². The van der Waals surface area contributed by atoms with Crippen LogP contribution in [0.1, 0.15) is 37.4 Å². The number of nitrogens with zero attached hydrogens (tertiary/aromatic N) is 1. The largest absolute Gasteiger partial charge is 0.352 e. The molecule has 0 radical (unpaired) electrons. The summed E-state index contributed by atoms with van der Waals surface area (Å²) in [5.74, 6) is -0.263. The molecule has 4 nitrogen and oxygen atoms in total. The first kappa shape index (κ1) is 24.2. The molecular weight excluding hydrogens is 488 g/mol. The zero-order valence-electron chi connectivity index (χ0n) is 19.8. The van der Waals surface area contributed by atoms with Crippen molar-refractivity contribution in [1.82, 2.24) is 5.32 Å². The normalized spacial score (nSPS) is 12.5. The van der Waals surface area contributed by atoms with E-state index in [0.717, 1.165) is 21.8 Å². The highest BCUT2D eigenvalue weighted by Crippen LogP contribution is 2.42. The first-order chi connectivity index (χ1) is 17.5. The van der Waals surface area contributed by atoms with Gasteiger partial charge in [0.1, 0.15) is 0 Å². The molecule has 1 aliphatic rings. The molecule has 0 bridgehead atoms. The van der Waals surface area contributed by atoms with Crippen molar-refractivity contribution in [3.8, 4) is 0 Å². The molecule has 5 rings (SSSR count). The average Bonchev–Trinajstić information content (AvgIpc) is 2.99. The highest BCUT2D eigenvalue weighted by Gasteiger charge is 2.28. The van der Waals surface area contributed by atoms with Gasteiger partial charge in [-0.2, -0.15) is 0 Å². The maximum Gasteiger partial charge on any atom is 0.259 e. The van der Waals surface area contributed by atoms with Crippen LogP contribution in [-0.2, 0) is 13.0 Å². The number of aryl methyl sites for hydroxylation is 1. The standard InChI is InChI=1S/C30H25ClN2O2S/c1-20-9-11-21(12-10-20)15-16-32-29(34)23-13-14-28-26(18-23)33(19-22-5-4-6-24(31)17-22)30(35)25-7-2-3-8-27(25)36-28/h2-14,17-18H,15-16,19H2,1H3,(H,32,34). The zero-order chi connectivity index (χ0) is 25.1. The number of rotatable bonds is 6. The van der Waals surface area contributed by atoms with Gasteiger partial charge in [0.05, 0.1) is 17.8 Å². The molecular formula is C30H25ClN2O2S. The number of carbonyl (C=O) groups excluding carboxylic acids is 2. The highest BCUT2D eigenvalue weighted by molar-refractivity contribution is 7.99. The Bertz CT molecular complexity index is 1440. The number of nitrogens with one attached hydrogen (secondary N) is 1. The van der Waals surface area contributed by atoms with E-state index in [-0.39, 0.29) is 11.8 Å². The third-order valence-corrected chi connectivity index (χ3v) is 7.52. The molecule has 0 unspecified atom stereocenters. The molecule has 6 heteroatoms. The minimum Gasteiger partial charge on any atom is -0.352 e. The van der Waals surface area contributed by atoms with Crippen molar-refractivity contribution in [2.75, 3.05) is 11.4 Å². The van der Waals surface area contributed by atoms with Crippen molar-refractivity contribution in [2.45, 2.75) is 29.7 Å². The van der Waals surface area contributed by atoms with Gasteiger partial charge in [-0.25, -0.2) is 0 Å². The molecule has 0 atom stereocenters. The van der Waals surface area contributed by atoms with Crippen molar-refractivity contribution >= 4 is 40.9 Å². The van der Waals surface area contributed by atoms with Gasteiger partial charge in [-0.15, -0.1) is 0 Å². The smallest absolute Gasteiger partial charge is 0.259 e. The van der Waals surface area contributed by atoms with Gasteiger partial charge in [-0.05, 0) is 66.9 Å². The molecule has 36 heavy (non-hydrogen) atoms. The Morgan fingerprint density at radius 3 is 2.50 bits per heavy atom. The summed E-state index contributed by atoms with van der Waals surface area (Å²) >= 11 is 7.76. The van der Waals surface area contributed by atoms with Gasteiger partial charge in [0.15, 0.2) is 0 Å². The first-order valence-corrected chi connectivity index (χ1v) is 13.0. The molecule has 0 aliphatic carbocycles. The number of benzene rings is 4. The Morgan fingerprint density at radius 2 is 1.69 bits per heavy atom. The number of fused-ring (bicyclic) bond motifs is 2. The summed E-state index contributed by atoms with van der Waals surface area (Å²) < 4.78 is 0. The summed E-state index contributed by atoms with van der Waals surface area (Å²) in [6.07, 6.45) is 0.751. The molecule has 180 valence electrons. The lowest BCUT2D eigenvalue weighted by Crippen LogP contribution is -2.31. The lowest BCUT2D eigenvalue weighted by Gasteiger charge is -2.24. The number of amides is 2. The fraction of sp³-hybridized carbons (Fsp3) is 0.133. The molecule has 1 aliphatic heterocycles. The van der Waals surface area contributed by atoms with Crippen LogP contribution in [-0.4, -0.2) is 18.4 Å². The number of hydrogen-bond donors (Lipinski definition) is 1. The van der Waals surface area contributed by atoms with E-state index in [9.17, 15) is 9.59 Å². The van der Waals surface area contributed by atoms with E-state index in [1.807, 2.05) is 66.7 Å². The van der Waals surface area contributed by atoms with E-state index in [1.165, 1.54) is 11.1 Å². The van der Waals surface area contributed by atoms with Crippen LogP contribution >= 0.6 is 23.4 Å². The fourth-order valence-corrected chi connectivity index (χ4v) is 5.48. The van der Waals surface area contributed by atoms with Crippen LogP contribution in [0.2, 0.25) is 5.02 Å². The first-order valence-electron chi connectivity index (χ1n) is 11.8. The quantitative estimate of drug-likeness (QED) is 0.304. The average molecular weight is 513 g/mol. The van der Waals surface area contributed by atoms with Crippen LogP contribution < -0.4 is 10.2 Å². The minimum absolute atomic E-state index is 0.103. The Hall–Kier alpha value is -3.54. The van der Waals surface area contributed by atoms with Crippen molar-refractivity contribution in [3.63, 3.8) is 0 Å². The Morgan fingerprint density at radius 1 is 0.889 bits per heavy atom. The Balaban J connectivity index is 1.43. The van der Waals surface area contributed by atoms with Gasteiger partial charge < -0.3 is 10.2 Å². The molecule has 0 saturated carbocycles. The number of anilines is 1. The van der Waals surface area contributed by atoms with Gasteiger partial charge in [0, 0.05) is 26.9 Å². The monoisotopic (exact) mass is 512 g/mol. The van der Waals surface area contributed by atoms with Crippen LogP contribution in [0.3, 0.4) is 0 Å². The molecule has 0 fully saturated rings. The van der Waals surface area contributed by atoms with E-state index in [1.54, 1.807) is 16.7 Å². The van der Waals surface area contributed by atoms with Crippen LogP contribution in [0.5, 0.6) is 0 Å². The predicted octanol–water partition coefficient (Wildman–Crippen LogP) is 6.93. The van der Waals surface area contributed by atoms with E-state index in [4.69, 9.17) is 11.6 Å². The molecule has 0 saturated heterocycles. The summed E-state index contributed by atoms with van der Waals surface area (Å²) in [7, 11) is 0. The summed E-state index contributed by atoms with van der Waals surface area (Å²) in [4.78, 5) is 30.3. The maximum absolute atomic E-state index is 13.7. The third kappa shape index (κ3) is 5.32. The van der Waals surface area contributed by atoms with Gasteiger partial charge >= 0.3 is 0 Å². The van der Waals surface area contributed by atoms with E-state index in [2.05, 4.69) is 36.5 Å². The van der Waals surface area contributed by atoms with Gasteiger partial charge in [-0.3, -0.25) is 9.59 Å². The van der Waals surface area contributed by atoms with Crippen molar-refractivity contribution in [3.05, 3.63) is 124 Å². The molecule has 1 heterocycles. The number of halogens is 1. The topological polar surface area (TPSA) is 49.4 Å². The highest BCUT2D eigenvalue weighted by atomic mass is 35.5. The van der Waals surface area contributed by atoms with Crippen LogP contribution in [0.4, 0.5) is 5.69 Å². The molecule has 0 aromatic heterocycles. The maximum atomic E-state index is 13.7. The second-order valence-electron chi connectivity index (χ2n) is 8.79. The van der Waals surface area contributed by atoms with Crippen LogP contribution in [0, 0.1) is 6.92 Å². The summed E-state index contributed by atoms with van der Waals surface area (Å²) in [5.41, 5.74) is 5.18. The third-order valence-electron chi connectivity index (χ3n) is 6.14. The van der Waals surface area contributed by atoms with Crippen molar-refractivity contribution < 1.29 is 9.59 Å². The van der Waals surface area contributed by atoms with Crippen molar-refractivity contribution in [2.24, 2.45) is 0 Å². The molecule has 2 amide bonds. The SMILES string of the molecule is Cc1ccc(CCNC(=O)c2ccc3c(c2)N(Cc2cccc(Cl)c2)C(=O)c2ccccc2S3)cc1. The molecule has 1 N–H and O–H groups in total. The number of hydrogen-bond acceptors (Lipinski definition) is 3. The van der Waals surface area contributed by atoms with E-state index >= 15 is 0 Å². The van der Waals surface area contributed by atoms with Gasteiger partial charge in [0.2, 0.25) is 0 Å².